The van der Waals surface area contributed by atoms with Gasteiger partial charge in [0, 0.05) is 13.1 Å². The van der Waals surface area contributed by atoms with Crippen molar-refractivity contribution in [1.29, 1.82) is 0 Å². The van der Waals surface area contributed by atoms with E-state index in [-0.39, 0.29) is 6.23 Å². The van der Waals surface area contributed by atoms with Gasteiger partial charge < -0.3 is 4.84 Å². The van der Waals surface area contributed by atoms with E-state index in [1.165, 1.54) is 18.4 Å². The summed E-state index contributed by atoms with van der Waals surface area (Å²) in [4.78, 5) is 8.16. The largest absolute Gasteiger partial charge is 0.375 e. The zero-order chi connectivity index (χ0) is 12.4. The molecule has 0 unspecified atom stereocenters. The van der Waals surface area contributed by atoms with Crippen molar-refractivity contribution < 1.29 is 4.84 Å². The smallest absolute Gasteiger partial charge is 0.189 e. The molecule has 0 bridgehead atoms. The second kappa shape index (κ2) is 5.11. The molecule has 1 saturated heterocycles. The quantitative estimate of drug-likeness (QED) is 0.816. The van der Waals surface area contributed by atoms with Crippen LogP contribution >= 0.6 is 0 Å². The molecule has 3 heteroatoms. The van der Waals surface area contributed by atoms with Crippen molar-refractivity contribution in [1.82, 2.24) is 4.90 Å². The molecule has 2 aliphatic heterocycles. The van der Waals surface area contributed by atoms with E-state index in [0.29, 0.717) is 5.92 Å². The van der Waals surface area contributed by atoms with Gasteiger partial charge in [0.25, 0.3) is 0 Å². The summed E-state index contributed by atoms with van der Waals surface area (Å²) >= 11 is 0. The molecule has 96 valence electrons. The SMILES string of the molecule is CC[C@H]1C(c2ccccc2)=NO[C@@H]1N1CCCC1. The van der Waals surface area contributed by atoms with Crippen LogP contribution in [0.25, 0.3) is 0 Å². The lowest BCUT2D eigenvalue weighted by Crippen LogP contribution is -2.39. The van der Waals surface area contributed by atoms with E-state index in [0.717, 1.165) is 25.2 Å². The summed E-state index contributed by atoms with van der Waals surface area (Å²) in [6, 6.07) is 10.4. The third-order valence-corrected chi connectivity index (χ3v) is 3.96. The summed E-state index contributed by atoms with van der Waals surface area (Å²) in [6.07, 6.45) is 3.82. The number of rotatable bonds is 3. The summed E-state index contributed by atoms with van der Waals surface area (Å²) in [5.74, 6) is 0.408. The maximum absolute atomic E-state index is 5.72. The Kier molecular flexibility index (Phi) is 3.33. The fraction of sp³-hybridized carbons (Fsp3) is 0.533. The van der Waals surface area contributed by atoms with Crippen molar-refractivity contribution in [2.45, 2.75) is 32.4 Å². The van der Waals surface area contributed by atoms with Crippen LogP contribution in [0, 0.1) is 5.92 Å². The Morgan fingerprint density at radius 1 is 1.22 bits per heavy atom. The Bertz CT molecular complexity index is 423. The average Bonchev–Trinajstić information content (AvgIpc) is 3.08. The van der Waals surface area contributed by atoms with E-state index in [1.807, 2.05) is 6.07 Å². The minimum absolute atomic E-state index is 0.160. The highest BCUT2D eigenvalue weighted by Crippen LogP contribution is 2.30. The Morgan fingerprint density at radius 3 is 2.61 bits per heavy atom. The van der Waals surface area contributed by atoms with E-state index < -0.39 is 0 Å². The number of likely N-dealkylation sites (tertiary alicyclic amines) is 1. The first-order valence-electron chi connectivity index (χ1n) is 6.93. The lowest BCUT2D eigenvalue weighted by atomic mass is 9.93. The molecule has 0 aliphatic carbocycles. The summed E-state index contributed by atoms with van der Waals surface area (Å²) in [7, 11) is 0. The van der Waals surface area contributed by atoms with Crippen LogP contribution in [0.2, 0.25) is 0 Å². The molecule has 2 atom stereocenters. The van der Waals surface area contributed by atoms with E-state index >= 15 is 0 Å². The highest BCUT2D eigenvalue weighted by atomic mass is 16.7. The lowest BCUT2D eigenvalue weighted by molar-refractivity contribution is -0.0482. The number of benzene rings is 1. The summed E-state index contributed by atoms with van der Waals surface area (Å²) in [5, 5.41) is 4.36. The van der Waals surface area contributed by atoms with Crippen LogP contribution in [-0.4, -0.2) is 29.9 Å². The molecule has 18 heavy (non-hydrogen) atoms. The zero-order valence-corrected chi connectivity index (χ0v) is 10.9. The van der Waals surface area contributed by atoms with Crippen LogP contribution in [0.4, 0.5) is 0 Å². The van der Waals surface area contributed by atoms with Crippen molar-refractivity contribution in [3.63, 3.8) is 0 Å². The topological polar surface area (TPSA) is 24.8 Å². The maximum atomic E-state index is 5.72. The first-order chi connectivity index (χ1) is 8.90. The molecule has 0 aromatic heterocycles. The normalized spacial score (nSPS) is 28.2. The standard InChI is InChI=1S/C15H20N2O/c1-2-13-14(12-8-4-3-5-9-12)16-18-15(13)17-10-6-7-11-17/h3-5,8-9,13,15H,2,6-7,10-11H2,1H3/t13-,15-/m0/s1. The molecule has 3 nitrogen and oxygen atoms in total. The number of hydrogen-bond acceptors (Lipinski definition) is 3. The monoisotopic (exact) mass is 244 g/mol. The van der Waals surface area contributed by atoms with E-state index in [1.54, 1.807) is 0 Å². The molecule has 3 rings (SSSR count). The van der Waals surface area contributed by atoms with Crippen LogP contribution in [-0.2, 0) is 4.84 Å². The molecule has 2 aliphatic rings. The van der Waals surface area contributed by atoms with Gasteiger partial charge in [-0.3, -0.25) is 4.90 Å². The molecule has 1 fully saturated rings. The van der Waals surface area contributed by atoms with Gasteiger partial charge in [0.05, 0.1) is 11.6 Å². The van der Waals surface area contributed by atoms with Crippen LogP contribution in [0.5, 0.6) is 0 Å². The molecule has 1 aromatic carbocycles. The minimum Gasteiger partial charge on any atom is -0.375 e. The van der Waals surface area contributed by atoms with Crippen molar-refractivity contribution >= 4 is 5.71 Å². The van der Waals surface area contributed by atoms with Gasteiger partial charge in [-0.2, -0.15) is 0 Å². The Morgan fingerprint density at radius 2 is 1.94 bits per heavy atom. The zero-order valence-electron chi connectivity index (χ0n) is 10.9. The summed E-state index contributed by atoms with van der Waals surface area (Å²) in [6.45, 7) is 4.53. The Balaban J connectivity index is 1.80. The van der Waals surface area contributed by atoms with Crippen molar-refractivity contribution in [2.24, 2.45) is 11.1 Å². The fourth-order valence-corrected chi connectivity index (χ4v) is 2.97. The predicted octanol–water partition coefficient (Wildman–Crippen LogP) is 2.87. The number of oxime groups is 1. The Hall–Kier alpha value is -1.35. The molecular weight excluding hydrogens is 224 g/mol. The molecule has 0 amide bonds. The van der Waals surface area contributed by atoms with Gasteiger partial charge >= 0.3 is 0 Å². The third-order valence-electron chi connectivity index (χ3n) is 3.96. The van der Waals surface area contributed by atoms with Crippen LogP contribution in [0.1, 0.15) is 31.7 Å². The van der Waals surface area contributed by atoms with Gasteiger partial charge in [0.2, 0.25) is 0 Å². The molecule has 0 N–H and O–H groups in total. The lowest BCUT2D eigenvalue weighted by Gasteiger charge is -2.26. The molecule has 0 radical (unpaired) electrons. The second-order valence-corrected chi connectivity index (χ2v) is 5.10. The summed E-state index contributed by atoms with van der Waals surface area (Å²) in [5.41, 5.74) is 2.32. The predicted molar refractivity (Wildman–Crippen MR) is 72.4 cm³/mol. The van der Waals surface area contributed by atoms with Gasteiger partial charge in [-0.15, -0.1) is 0 Å². The van der Waals surface area contributed by atoms with Gasteiger partial charge in [-0.05, 0) is 24.8 Å². The van der Waals surface area contributed by atoms with Crippen LogP contribution < -0.4 is 0 Å². The van der Waals surface area contributed by atoms with Crippen molar-refractivity contribution in [3.8, 4) is 0 Å². The molecule has 1 aromatic rings. The highest BCUT2D eigenvalue weighted by Gasteiger charge is 2.38. The molecule has 0 saturated carbocycles. The van der Waals surface area contributed by atoms with E-state index in [4.69, 9.17) is 4.84 Å². The van der Waals surface area contributed by atoms with Gasteiger partial charge in [0.1, 0.15) is 0 Å². The van der Waals surface area contributed by atoms with E-state index in [9.17, 15) is 0 Å². The van der Waals surface area contributed by atoms with Gasteiger partial charge in [0.15, 0.2) is 6.23 Å². The first-order valence-corrected chi connectivity index (χ1v) is 6.93. The van der Waals surface area contributed by atoms with Crippen molar-refractivity contribution in [3.05, 3.63) is 35.9 Å². The van der Waals surface area contributed by atoms with Crippen LogP contribution in [0.3, 0.4) is 0 Å². The molecular formula is C15H20N2O. The van der Waals surface area contributed by atoms with Gasteiger partial charge in [-0.1, -0.05) is 42.4 Å². The molecule has 0 spiro atoms. The third kappa shape index (κ3) is 2.03. The Labute approximate surface area is 108 Å². The van der Waals surface area contributed by atoms with Gasteiger partial charge in [-0.25, -0.2) is 0 Å². The average molecular weight is 244 g/mol. The van der Waals surface area contributed by atoms with Crippen molar-refractivity contribution in [2.75, 3.05) is 13.1 Å². The second-order valence-electron chi connectivity index (χ2n) is 5.10. The molecule has 2 heterocycles. The first kappa shape index (κ1) is 11.7. The highest BCUT2D eigenvalue weighted by molar-refractivity contribution is 6.02. The number of nitrogens with zero attached hydrogens (tertiary/aromatic N) is 2. The van der Waals surface area contributed by atoms with E-state index in [2.05, 4.69) is 41.2 Å². The summed E-state index contributed by atoms with van der Waals surface area (Å²) < 4.78 is 0. The maximum Gasteiger partial charge on any atom is 0.189 e. The minimum atomic E-state index is 0.160. The van der Waals surface area contributed by atoms with Crippen LogP contribution in [0.15, 0.2) is 35.5 Å². The number of hydrogen-bond donors (Lipinski definition) is 0. The fourth-order valence-electron chi connectivity index (χ4n) is 2.97.